The highest BCUT2D eigenvalue weighted by Gasteiger charge is 2.15. The molecule has 78 valence electrons. The normalized spacial score (nSPS) is 11.7. The third-order valence-electron chi connectivity index (χ3n) is 1.75. The zero-order valence-corrected chi connectivity index (χ0v) is 9.90. The lowest BCUT2D eigenvalue weighted by molar-refractivity contribution is 0.00321. The first kappa shape index (κ1) is 11.4. The zero-order valence-electron chi connectivity index (χ0n) is 9.09. The van der Waals surface area contributed by atoms with E-state index in [1.807, 2.05) is 39.1 Å². The summed E-state index contributed by atoms with van der Waals surface area (Å²) in [4.78, 5) is 12.5. The average Bonchev–Trinajstić information content (AvgIpc) is 2.46. The van der Waals surface area contributed by atoms with Gasteiger partial charge in [0, 0.05) is 0 Å². The molecular weight excluding hydrogens is 196 g/mol. The Bertz CT molecular complexity index is 320. The third kappa shape index (κ3) is 3.24. The van der Waals surface area contributed by atoms with Crippen LogP contribution in [0.15, 0.2) is 11.4 Å². The molecule has 1 aromatic rings. The molecule has 0 fully saturated rings. The van der Waals surface area contributed by atoms with Crippen LogP contribution in [0.3, 0.4) is 0 Å². The van der Waals surface area contributed by atoms with Crippen molar-refractivity contribution in [2.45, 2.75) is 33.3 Å². The van der Waals surface area contributed by atoms with Gasteiger partial charge in [0.2, 0.25) is 0 Å². The molecule has 0 aromatic carbocycles. The van der Waals surface area contributed by atoms with Gasteiger partial charge in [-0.2, -0.15) is 0 Å². The number of carbonyl (C=O) groups excluding carboxylic acids is 1. The molecule has 0 aliphatic carbocycles. The molecular formula is C11H16O2S. The minimum Gasteiger partial charge on any atom is -0.368 e. The number of ketones is 1. The van der Waals surface area contributed by atoms with Crippen molar-refractivity contribution < 1.29 is 9.53 Å². The summed E-state index contributed by atoms with van der Waals surface area (Å²) in [5.74, 6) is 0.0763. The summed E-state index contributed by atoms with van der Waals surface area (Å²) in [6, 6.07) is 1.95. The summed E-state index contributed by atoms with van der Waals surface area (Å²) in [6.07, 6.45) is 0. The van der Waals surface area contributed by atoms with Crippen molar-refractivity contribution in [3.63, 3.8) is 0 Å². The monoisotopic (exact) mass is 212 g/mol. The van der Waals surface area contributed by atoms with Gasteiger partial charge < -0.3 is 4.74 Å². The predicted molar refractivity (Wildman–Crippen MR) is 59.1 cm³/mol. The molecule has 0 spiro atoms. The smallest absolute Gasteiger partial charge is 0.198 e. The van der Waals surface area contributed by atoms with Crippen molar-refractivity contribution in [3.8, 4) is 0 Å². The minimum absolute atomic E-state index is 0.0763. The van der Waals surface area contributed by atoms with E-state index >= 15 is 0 Å². The summed E-state index contributed by atoms with van der Waals surface area (Å²) in [5.41, 5.74) is 0.790. The first-order chi connectivity index (χ1) is 6.40. The molecule has 14 heavy (non-hydrogen) atoms. The molecule has 0 atom stereocenters. The Labute approximate surface area is 88.9 Å². The number of aryl methyl sites for hydroxylation is 1. The van der Waals surface area contributed by atoms with Crippen LogP contribution in [0.4, 0.5) is 0 Å². The summed E-state index contributed by atoms with van der Waals surface area (Å²) < 4.78 is 5.43. The lowest BCUT2D eigenvalue weighted by atomic mass is 10.2. The number of hydrogen-bond acceptors (Lipinski definition) is 3. The maximum atomic E-state index is 11.7. The van der Waals surface area contributed by atoms with Gasteiger partial charge in [-0.15, -0.1) is 11.3 Å². The fraction of sp³-hybridized carbons (Fsp3) is 0.545. The van der Waals surface area contributed by atoms with Crippen LogP contribution in [0.2, 0.25) is 0 Å². The molecule has 0 saturated carbocycles. The van der Waals surface area contributed by atoms with E-state index in [0.717, 1.165) is 10.4 Å². The van der Waals surface area contributed by atoms with Crippen LogP contribution < -0.4 is 0 Å². The molecule has 0 N–H and O–H groups in total. The van der Waals surface area contributed by atoms with E-state index in [1.54, 1.807) is 0 Å². The van der Waals surface area contributed by atoms with Crippen LogP contribution in [-0.4, -0.2) is 18.0 Å². The van der Waals surface area contributed by atoms with Gasteiger partial charge in [-0.3, -0.25) is 4.79 Å². The van der Waals surface area contributed by atoms with Gasteiger partial charge in [0.1, 0.15) is 6.61 Å². The molecule has 0 aliphatic rings. The summed E-state index contributed by atoms with van der Waals surface area (Å²) in [6.45, 7) is 7.95. The Morgan fingerprint density at radius 3 is 2.57 bits per heavy atom. The highest BCUT2D eigenvalue weighted by molar-refractivity contribution is 7.12. The molecule has 0 saturated heterocycles. The van der Waals surface area contributed by atoms with Crippen LogP contribution in [0.1, 0.15) is 36.0 Å². The quantitative estimate of drug-likeness (QED) is 0.720. The fourth-order valence-corrected chi connectivity index (χ4v) is 1.86. The van der Waals surface area contributed by atoms with E-state index < -0.39 is 0 Å². The molecule has 3 heteroatoms. The lowest BCUT2D eigenvalue weighted by Gasteiger charge is -2.18. The molecule has 0 radical (unpaired) electrons. The molecule has 0 unspecified atom stereocenters. The fourth-order valence-electron chi connectivity index (χ4n) is 1.01. The molecule has 0 aliphatic heterocycles. The minimum atomic E-state index is -0.249. The number of rotatable bonds is 3. The third-order valence-corrected chi connectivity index (χ3v) is 2.81. The molecule has 2 nitrogen and oxygen atoms in total. The number of thiophene rings is 1. The van der Waals surface area contributed by atoms with Crippen molar-refractivity contribution in [1.29, 1.82) is 0 Å². The second kappa shape index (κ2) is 4.24. The Balaban J connectivity index is 2.56. The van der Waals surface area contributed by atoms with Gasteiger partial charge in [0.05, 0.1) is 10.5 Å². The van der Waals surface area contributed by atoms with Crippen molar-refractivity contribution in [1.82, 2.24) is 0 Å². The number of hydrogen-bond donors (Lipinski definition) is 0. The van der Waals surface area contributed by atoms with E-state index in [9.17, 15) is 4.79 Å². The Morgan fingerprint density at radius 1 is 1.50 bits per heavy atom. The summed E-state index contributed by atoms with van der Waals surface area (Å²) in [7, 11) is 0. The van der Waals surface area contributed by atoms with E-state index in [1.165, 1.54) is 11.3 Å². The molecule has 1 aromatic heterocycles. The van der Waals surface area contributed by atoms with E-state index in [0.29, 0.717) is 0 Å². The lowest BCUT2D eigenvalue weighted by Crippen LogP contribution is -2.23. The van der Waals surface area contributed by atoms with E-state index in [2.05, 4.69) is 0 Å². The van der Waals surface area contributed by atoms with Crippen LogP contribution in [-0.2, 0) is 4.74 Å². The van der Waals surface area contributed by atoms with Crippen LogP contribution in [0.5, 0.6) is 0 Å². The average molecular weight is 212 g/mol. The molecule has 0 amide bonds. The standard InChI is InChI=1S/C11H16O2S/c1-8-5-6-14-10(8)9(12)7-13-11(2,3)4/h5-6H,7H2,1-4H3. The number of ether oxygens (including phenoxy) is 1. The molecule has 1 heterocycles. The summed E-state index contributed by atoms with van der Waals surface area (Å²) >= 11 is 1.48. The van der Waals surface area contributed by atoms with Gasteiger partial charge in [0.25, 0.3) is 0 Å². The SMILES string of the molecule is Cc1ccsc1C(=O)COC(C)(C)C. The topological polar surface area (TPSA) is 26.3 Å². The van der Waals surface area contributed by atoms with Gasteiger partial charge >= 0.3 is 0 Å². The van der Waals surface area contributed by atoms with E-state index in [4.69, 9.17) is 4.74 Å². The van der Waals surface area contributed by atoms with E-state index in [-0.39, 0.29) is 18.0 Å². The van der Waals surface area contributed by atoms with Crippen molar-refractivity contribution in [2.75, 3.05) is 6.61 Å². The largest absolute Gasteiger partial charge is 0.368 e. The first-order valence-electron chi connectivity index (χ1n) is 4.61. The Hall–Kier alpha value is -0.670. The highest BCUT2D eigenvalue weighted by atomic mass is 32.1. The van der Waals surface area contributed by atoms with Gasteiger partial charge in [-0.25, -0.2) is 0 Å². The predicted octanol–water partition coefficient (Wildman–Crippen LogP) is 3.05. The van der Waals surface area contributed by atoms with Gasteiger partial charge in [-0.05, 0) is 44.7 Å². The maximum Gasteiger partial charge on any atom is 0.198 e. The second-order valence-corrected chi connectivity index (χ2v) is 5.17. The van der Waals surface area contributed by atoms with Crippen LogP contribution in [0, 0.1) is 6.92 Å². The van der Waals surface area contributed by atoms with Gasteiger partial charge in [0.15, 0.2) is 5.78 Å². The number of carbonyl (C=O) groups is 1. The molecule has 1 rings (SSSR count). The van der Waals surface area contributed by atoms with Crippen LogP contribution >= 0.6 is 11.3 Å². The van der Waals surface area contributed by atoms with Crippen molar-refractivity contribution >= 4 is 17.1 Å². The second-order valence-electron chi connectivity index (χ2n) is 4.26. The van der Waals surface area contributed by atoms with Gasteiger partial charge in [-0.1, -0.05) is 0 Å². The van der Waals surface area contributed by atoms with Crippen molar-refractivity contribution in [3.05, 3.63) is 21.9 Å². The van der Waals surface area contributed by atoms with Crippen molar-refractivity contribution in [2.24, 2.45) is 0 Å². The highest BCUT2D eigenvalue weighted by Crippen LogP contribution is 2.17. The number of Topliss-reactive ketones (excluding diaryl/α,β-unsaturated/α-hetero) is 1. The zero-order chi connectivity index (χ0) is 10.8. The van der Waals surface area contributed by atoms with Crippen LogP contribution in [0.25, 0.3) is 0 Å². The Morgan fingerprint density at radius 2 is 2.14 bits per heavy atom. The maximum absolute atomic E-state index is 11.7. The first-order valence-corrected chi connectivity index (χ1v) is 5.49. The Kier molecular flexibility index (Phi) is 3.45. The summed E-state index contributed by atoms with van der Waals surface area (Å²) in [5, 5.41) is 1.93. The molecule has 0 bridgehead atoms.